The number of hydrogen-bond acceptors (Lipinski definition) is 6. The van der Waals surface area contributed by atoms with Crippen molar-refractivity contribution in [3.8, 4) is 0 Å². The molecule has 0 saturated carbocycles. The van der Waals surface area contributed by atoms with Gasteiger partial charge in [0, 0.05) is 19.6 Å². The Hall–Kier alpha value is -1.92. The normalized spacial score (nSPS) is 12.0. The van der Waals surface area contributed by atoms with Crippen LogP contribution in [0.1, 0.15) is 27.2 Å². The minimum absolute atomic E-state index is 0.0675. The molecule has 18 heavy (non-hydrogen) atoms. The molecule has 0 fully saturated rings. The highest BCUT2D eigenvalue weighted by molar-refractivity contribution is 5.70. The molecule has 1 unspecified atom stereocenters. The van der Waals surface area contributed by atoms with E-state index < -0.39 is 4.92 Å². The lowest BCUT2D eigenvalue weighted by Gasteiger charge is -2.24. The van der Waals surface area contributed by atoms with Crippen molar-refractivity contribution in [3.63, 3.8) is 0 Å². The smallest absolute Gasteiger partial charge is 0.353 e. The van der Waals surface area contributed by atoms with E-state index in [9.17, 15) is 10.1 Å². The zero-order valence-corrected chi connectivity index (χ0v) is 11.2. The fourth-order valence-corrected chi connectivity index (χ4v) is 1.58. The van der Waals surface area contributed by atoms with Crippen molar-refractivity contribution in [3.05, 3.63) is 16.4 Å². The van der Waals surface area contributed by atoms with Crippen LogP contribution in [0.5, 0.6) is 0 Å². The van der Waals surface area contributed by atoms with E-state index in [1.54, 1.807) is 11.9 Å². The number of rotatable bonds is 6. The van der Waals surface area contributed by atoms with Crippen molar-refractivity contribution in [2.24, 2.45) is 0 Å². The maximum atomic E-state index is 11.2. The van der Waals surface area contributed by atoms with Crippen molar-refractivity contribution in [1.29, 1.82) is 0 Å². The highest BCUT2D eigenvalue weighted by atomic mass is 16.6. The Morgan fingerprint density at radius 1 is 1.50 bits per heavy atom. The summed E-state index contributed by atoms with van der Waals surface area (Å²) in [6.07, 6.45) is 2.23. The standard InChI is InChI=1S/C11H19N5O2/c1-5-8(3)15(4)11-9(16(17)18)10(12-6-2)13-7-14-11/h7-8H,5-6H2,1-4H3,(H,12,13,14). The number of anilines is 2. The summed E-state index contributed by atoms with van der Waals surface area (Å²) in [5, 5.41) is 14.1. The second-order valence-corrected chi connectivity index (χ2v) is 4.05. The molecule has 1 aromatic rings. The summed E-state index contributed by atoms with van der Waals surface area (Å²) >= 11 is 0. The second kappa shape index (κ2) is 6.13. The SMILES string of the molecule is CCNc1ncnc(N(C)C(C)CC)c1[N+](=O)[O-]. The van der Waals surface area contributed by atoms with E-state index in [1.165, 1.54) is 6.33 Å². The molecule has 0 aliphatic carbocycles. The highest BCUT2D eigenvalue weighted by Gasteiger charge is 2.26. The van der Waals surface area contributed by atoms with Crippen molar-refractivity contribution in [2.75, 3.05) is 23.8 Å². The topological polar surface area (TPSA) is 84.2 Å². The van der Waals surface area contributed by atoms with Gasteiger partial charge in [-0.2, -0.15) is 0 Å². The first kappa shape index (κ1) is 14.1. The molecule has 1 rings (SSSR count). The van der Waals surface area contributed by atoms with Crippen molar-refractivity contribution in [2.45, 2.75) is 33.2 Å². The van der Waals surface area contributed by atoms with E-state index in [-0.39, 0.29) is 17.5 Å². The average molecular weight is 253 g/mol. The molecule has 0 radical (unpaired) electrons. The van der Waals surface area contributed by atoms with Crippen LogP contribution < -0.4 is 10.2 Å². The Kier molecular flexibility index (Phi) is 4.82. The Bertz CT molecular complexity index is 424. The van der Waals surface area contributed by atoms with Crippen molar-refractivity contribution in [1.82, 2.24) is 9.97 Å². The third-order valence-electron chi connectivity index (χ3n) is 2.92. The van der Waals surface area contributed by atoms with Gasteiger partial charge in [-0.05, 0) is 20.3 Å². The molecule has 0 aliphatic heterocycles. The van der Waals surface area contributed by atoms with Gasteiger partial charge in [0.1, 0.15) is 6.33 Å². The van der Waals surface area contributed by atoms with E-state index in [0.717, 1.165) is 6.42 Å². The maximum Gasteiger partial charge on any atom is 0.353 e. The second-order valence-electron chi connectivity index (χ2n) is 4.05. The van der Waals surface area contributed by atoms with Gasteiger partial charge in [0.2, 0.25) is 11.6 Å². The summed E-state index contributed by atoms with van der Waals surface area (Å²) in [5.74, 6) is 0.614. The molecule has 100 valence electrons. The van der Waals surface area contributed by atoms with Crippen LogP contribution in [0.4, 0.5) is 17.3 Å². The van der Waals surface area contributed by atoms with Gasteiger partial charge < -0.3 is 10.2 Å². The molecule has 7 nitrogen and oxygen atoms in total. The van der Waals surface area contributed by atoms with Crippen LogP contribution in [0.3, 0.4) is 0 Å². The van der Waals surface area contributed by atoms with Crippen LogP contribution in [0.15, 0.2) is 6.33 Å². The number of aromatic nitrogens is 2. The predicted molar refractivity (Wildman–Crippen MR) is 71.0 cm³/mol. The van der Waals surface area contributed by atoms with E-state index >= 15 is 0 Å². The van der Waals surface area contributed by atoms with Gasteiger partial charge in [-0.3, -0.25) is 10.1 Å². The Morgan fingerprint density at radius 2 is 2.17 bits per heavy atom. The molecule has 1 heterocycles. The Balaban J connectivity index is 3.26. The molecular formula is C11H19N5O2. The lowest BCUT2D eigenvalue weighted by molar-refractivity contribution is -0.383. The molecule has 0 saturated heterocycles. The molecule has 0 amide bonds. The zero-order valence-electron chi connectivity index (χ0n) is 11.2. The quantitative estimate of drug-likeness (QED) is 0.617. The molecule has 7 heteroatoms. The molecule has 0 aromatic carbocycles. The fourth-order valence-electron chi connectivity index (χ4n) is 1.58. The largest absolute Gasteiger partial charge is 0.364 e. The number of hydrogen-bond donors (Lipinski definition) is 1. The summed E-state index contributed by atoms with van der Waals surface area (Å²) in [4.78, 5) is 20.5. The fraction of sp³-hybridized carbons (Fsp3) is 0.636. The summed E-state index contributed by atoms with van der Waals surface area (Å²) in [5.41, 5.74) is -0.0675. The minimum Gasteiger partial charge on any atom is -0.364 e. The summed E-state index contributed by atoms with van der Waals surface area (Å²) < 4.78 is 0. The van der Waals surface area contributed by atoms with E-state index in [2.05, 4.69) is 15.3 Å². The molecule has 1 aromatic heterocycles. The van der Waals surface area contributed by atoms with Gasteiger partial charge in [-0.25, -0.2) is 9.97 Å². The van der Waals surface area contributed by atoms with Gasteiger partial charge in [0.15, 0.2) is 0 Å². The summed E-state index contributed by atoms with van der Waals surface area (Å²) in [7, 11) is 1.80. The van der Waals surface area contributed by atoms with Gasteiger partial charge in [-0.15, -0.1) is 0 Å². The van der Waals surface area contributed by atoms with Gasteiger partial charge in [0.05, 0.1) is 4.92 Å². The van der Waals surface area contributed by atoms with E-state index in [4.69, 9.17) is 0 Å². The van der Waals surface area contributed by atoms with Gasteiger partial charge >= 0.3 is 5.69 Å². The van der Waals surface area contributed by atoms with Gasteiger partial charge in [-0.1, -0.05) is 6.92 Å². The van der Waals surface area contributed by atoms with E-state index in [1.807, 2.05) is 20.8 Å². The lowest BCUT2D eigenvalue weighted by atomic mass is 10.2. The first-order valence-electron chi connectivity index (χ1n) is 5.98. The van der Waals surface area contributed by atoms with Crippen LogP contribution in [-0.4, -0.2) is 34.5 Å². The molecule has 1 N–H and O–H groups in total. The summed E-state index contributed by atoms with van der Waals surface area (Å²) in [6, 6.07) is 0.174. The Labute approximate surface area is 106 Å². The van der Waals surface area contributed by atoms with Gasteiger partial charge in [0.25, 0.3) is 0 Å². The number of nitro groups is 1. The first-order valence-corrected chi connectivity index (χ1v) is 5.98. The predicted octanol–water partition coefficient (Wildman–Crippen LogP) is 2.05. The zero-order chi connectivity index (χ0) is 13.7. The van der Waals surface area contributed by atoms with E-state index in [0.29, 0.717) is 12.4 Å². The molecule has 0 bridgehead atoms. The monoisotopic (exact) mass is 253 g/mol. The molecule has 0 aliphatic rings. The first-order chi connectivity index (χ1) is 8.52. The lowest BCUT2D eigenvalue weighted by Crippen LogP contribution is -2.29. The molecular weight excluding hydrogens is 234 g/mol. The highest BCUT2D eigenvalue weighted by Crippen LogP contribution is 2.32. The minimum atomic E-state index is -0.438. The average Bonchev–Trinajstić information content (AvgIpc) is 2.36. The van der Waals surface area contributed by atoms with Crippen molar-refractivity contribution < 1.29 is 4.92 Å². The van der Waals surface area contributed by atoms with Crippen LogP contribution in [0.2, 0.25) is 0 Å². The van der Waals surface area contributed by atoms with Crippen LogP contribution in [-0.2, 0) is 0 Å². The molecule has 0 spiro atoms. The molecule has 1 atom stereocenters. The summed E-state index contributed by atoms with van der Waals surface area (Å²) in [6.45, 7) is 6.46. The Morgan fingerprint density at radius 3 is 2.67 bits per heavy atom. The van der Waals surface area contributed by atoms with Crippen LogP contribution in [0.25, 0.3) is 0 Å². The number of nitrogens with zero attached hydrogens (tertiary/aromatic N) is 4. The third kappa shape index (κ3) is 2.85. The van der Waals surface area contributed by atoms with Crippen LogP contribution in [0, 0.1) is 10.1 Å². The van der Waals surface area contributed by atoms with Crippen LogP contribution >= 0.6 is 0 Å². The van der Waals surface area contributed by atoms with Crippen molar-refractivity contribution >= 4 is 17.3 Å². The third-order valence-corrected chi connectivity index (χ3v) is 2.92. The maximum absolute atomic E-state index is 11.2. The number of nitrogens with one attached hydrogen (secondary N) is 1.